The van der Waals surface area contributed by atoms with Gasteiger partial charge in [-0.1, -0.05) is 40.0 Å². The normalized spacial score (nSPS) is 13.6. The van der Waals surface area contributed by atoms with E-state index < -0.39 is 0 Å². The van der Waals surface area contributed by atoms with Crippen molar-refractivity contribution in [3.05, 3.63) is 0 Å². The third-order valence-electron chi connectivity index (χ3n) is 4.18. The van der Waals surface area contributed by atoms with E-state index in [-0.39, 0.29) is 18.5 Å². The van der Waals surface area contributed by atoms with E-state index in [2.05, 4.69) is 20.8 Å². The minimum atomic E-state index is -0.268. The molecule has 0 aliphatic rings. The van der Waals surface area contributed by atoms with Crippen molar-refractivity contribution in [2.24, 2.45) is 17.8 Å². The van der Waals surface area contributed by atoms with Crippen LogP contribution in [0.3, 0.4) is 0 Å². The zero-order valence-electron chi connectivity index (χ0n) is 17.2. The molecule has 0 unspecified atom stereocenters. The summed E-state index contributed by atoms with van der Waals surface area (Å²) in [6, 6.07) is 0. The van der Waals surface area contributed by atoms with E-state index in [0.29, 0.717) is 32.3 Å². The highest BCUT2D eigenvalue weighted by molar-refractivity contribution is 4.72. The Bertz CT molecular complexity index is 242. The van der Waals surface area contributed by atoms with E-state index in [0.717, 1.165) is 12.3 Å². The van der Waals surface area contributed by atoms with Crippen molar-refractivity contribution in [2.75, 3.05) is 26.4 Å². The highest BCUT2D eigenvalue weighted by atomic mass is 16.7. The fraction of sp³-hybridized carbons (Fsp3) is 1.00. The number of hydrogen-bond acceptors (Lipinski definition) is 4. The fourth-order valence-corrected chi connectivity index (χ4v) is 3.06. The Morgan fingerprint density at radius 2 is 1.04 bits per heavy atom. The van der Waals surface area contributed by atoms with Crippen molar-refractivity contribution < 1.29 is 18.9 Å². The lowest BCUT2D eigenvalue weighted by atomic mass is 9.89. The summed E-state index contributed by atoms with van der Waals surface area (Å²) in [6.07, 6.45) is 4.24. The van der Waals surface area contributed by atoms with Gasteiger partial charge in [-0.25, -0.2) is 0 Å². The summed E-state index contributed by atoms with van der Waals surface area (Å²) in [5.74, 6) is 1.46. The predicted molar refractivity (Wildman–Crippen MR) is 100 cm³/mol. The van der Waals surface area contributed by atoms with Crippen molar-refractivity contribution in [3.8, 4) is 0 Å². The lowest BCUT2D eigenvalue weighted by molar-refractivity contribution is -0.250. The molecule has 0 fully saturated rings. The zero-order valence-corrected chi connectivity index (χ0v) is 17.2. The lowest BCUT2D eigenvalue weighted by Crippen LogP contribution is -2.40. The molecule has 0 rings (SSSR count). The average Bonchev–Trinajstić information content (AvgIpc) is 2.52. The molecule has 146 valence electrons. The lowest BCUT2D eigenvalue weighted by Gasteiger charge is -2.34. The van der Waals surface area contributed by atoms with Crippen LogP contribution < -0.4 is 0 Å². The van der Waals surface area contributed by atoms with Crippen molar-refractivity contribution in [1.29, 1.82) is 0 Å². The molecule has 4 nitrogen and oxygen atoms in total. The molecule has 0 aliphatic heterocycles. The van der Waals surface area contributed by atoms with E-state index >= 15 is 0 Å². The number of rotatable bonds is 16. The molecule has 0 bridgehead atoms. The SMILES string of the molecule is CCOC(OCC)C(C[C@@H](C)CCCC(C)C)C(OCC)OCC. The molecule has 0 aliphatic carbocycles. The minimum Gasteiger partial charge on any atom is -0.352 e. The van der Waals surface area contributed by atoms with Crippen LogP contribution in [0.1, 0.15) is 74.1 Å². The number of ether oxygens (including phenoxy) is 4. The summed E-state index contributed by atoms with van der Waals surface area (Å²) < 4.78 is 23.5. The first-order chi connectivity index (χ1) is 11.5. The van der Waals surface area contributed by atoms with Crippen LogP contribution in [-0.2, 0) is 18.9 Å². The van der Waals surface area contributed by atoms with Gasteiger partial charge in [0, 0.05) is 26.4 Å². The maximum Gasteiger partial charge on any atom is 0.165 e. The second-order valence-electron chi connectivity index (χ2n) is 6.89. The van der Waals surface area contributed by atoms with Gasteiger partial charge in [-0.3, -0.25) is 0 Å². The van der Waals surface area contributed by atoms with Gasteiger partial charge in [0.25, 0.3) is 0 Å². The molecular formula is C20H42O4. The van der Waals surface area contributed by atoms with Gasteiger partial charge >= 0.3 is 0 Å². The van der Waals surface area contributed by atoms with Gasteiger partial charge in [0.05, 0.1) is 5.92 Å². The summed E-state index contributed by atoms with van der Waals surface area (Å²) in [5.41, 5.74) is 0. The second-order valence-corrected chi connectivity index (χ2v) is 6.89. The van der Waals surface area contributed by atoms with Crippen LogP contribution in [0.2, 0.25) is 0 Å². The molecule has 0 N–H and O–H groups in total. The molecule has 0 aromatic rings. The van der Waals surface area contributed by atoms with Crippen LogP contribution in [0.25, 0.3) is 0 Å². The smallest absolute Gasteiger partial charge is 0.165 e. The van der Waals surface area contributed by atoms with Gasteiger partial charge in [0.1, 0.15) is 0 Å². The van der Waals surface area contributed by atoms with Gasteiger partial charge in [-0.05, 0) is 46.0 Å². The molecule has 0 aromatic heterocycles. The Morgan fingerprint density at radius 1 is 0.625 bits per heavy atom. The van der Waals surface area contributed by atoms with E-state index in [1.54, 1.807) is 0 Å². The Balaban J connectivity index is 4.91. The molecule has 0 aromatic carbocycles. The van der Waals surface area contributed by atoms with Crippen molar-refractivity contribution in [2.45, 2.75) is 86.7 Å². The Labute approximate surface area is 150 Å². The molecule has 4 heteroatoms. The van der Waals surface area contributed by atoms with Crippen LogP contribution >= 0.6 is 0 Å². The van der Waals surface area contributed by atoms with Gasteiger partial charge in [0.2, 0.25) is 0 Å². The third-order valence-corrected chi connectivity index (χ3v) is 4.18. The summed E-state index contributed by atoms with van der Waals surface area (Å²) in [4.78, 5) is 0. The monoisotopic (exact) mass is 346 g/mol. The Morgan fingerprint density at radius 3 is 1.38 bits per heavy atom. The maximum absolute atomic E-state index is 5.88. The summed E-state index contributed by atoms with van der Waals surface area (Å²) >= 11 is 0. The van der Waals surface area contributed by atoms with Gasteiger partial charge in [0.15, 0.2) is 12.6 Å². The largest absolute Gasteiger partial charge is 0.352 e. The molecule has 0 amide bonds. The maximum atomic E-state index is 5.88. The van der Waals surface area contributed by atoms with Crippen molar-refractivity contribution in [1.82, 2.24) is 0 Å². The molecule has 0 heterocycles. The Hall–Kier alpha value is -0.160. The molecule has 1 atom stereocenters. The van der Waals surface area contributed by atoms with Crippen LogP contribution in [0.5, 0.6) is 0 Å². The molecule has 0 spiro atoms. The van der Waals surface area contributed by atoms with Gasteiger partial charge in [-0.2, -0.15) is 0 Å². The quantitative estimate of drug-likeness (QED) is 0.358. The fourth-order valence-electron chi connectivity index (χ4n) is 3.06. The predicted octanol–water partition coefficient (Wildman–Crippen LogP) is 5.25. The highest BCUT2D eigenvalue weighted by Gasteiger charge is 2.33. The minimum absolute atomic E-state index is 0.0962. The summed E-state index contributed by atoms with van der Waals surface area (Å²) in [7, 11) is 0. The summed E-state index contributed by atoms with van der Waals surface area (Å²) in [6.45, 7) is 17.4. The number of hydrogen-bond donors (Lipinski definition) is 0. The molecule has 0 saturated carbocycles. The zero-order chi connectivity index (χ0) is 18.4. The van der Waals surface area contributed by atoms with E-state index in [1.807, 2.05) is 27.7 Å². The molecular weight excluding hydrogens is 304 g/mol. The first kappa shape index (κ1) is 23.8. The van der Waals surface area contributed by atoms with E-state index in [1.165, 1.54) is 19.3 Å². The van der Waals surface area contributed by atoms with Crippen molar-refractivity contribution >= 4 is 0 Å². The first-order valence-corrected chi connectivity index (χ1v) is 9.96. The Kier molecular flexibility index (Phi) is 15.0. The topological polar surface area (TPSA) is 36.9 Å². The molecule has 0 radical (unpaired) electrons. The first-order valence-electron chi connectivity index (χ1n) is 9.96. The van der Waals surface area contributed by atoms with Crippen LogP contribution in [0.15, 0.2) is 0 Å². The third kappa shape index (κ3) is 10.7. The van der Waals surface area contributed by atoms with Gasteiger partial charge in [-0.15, -0.1) is 0 Å². The van der Waals surface area contributed by atoms with E-state index in [4.69, 9.17) is 18.9 Å². The summed E-state index contributed by atoms with van der Waals surface area (Å²) in [5, 5.41) is 0. The van der Waals surface area contributed by atoms with Crippen LogP contribution in [-0.4, -0.2) is 39.0 Å². The molecule has 0 saturated heterocycles. The second kappa shape index (κ2) is 15.1. The molecule has 24 heavy (non-hydrogen) atoms. The van der Waals surface area contributed by atoms with Gasteiger partial charge < -0.3 is 18.9 Å². The highest BCUT2D eigenvalue weighted by Crippen LogP contribution is 2.28. The standard InChI is InChI=1S/C20H42O4/c1-8-21-19(22-9-2)18(20(23-10-3)24-11-4)15-17(7)14-12-13-16(5)6/h16-20H,8-15H2,1-7H3/t17-/m0/s1. The van der Waals surface area contributed by atoms with Crippen molar-refractivity contribution in [3.63, 3.8) is 0 Å². The van der Waals surface area contributed by atoms with Crippen LogP contribution in [0, 0.1) is 17.8 Å². The van der Waals surface area contributed by atoms with Crippen LogP contribution in [0.4, 0.5) is 0 Å². The average molecular weight is 347 g/mol. The van der Waals surface area contributed by atoms with E-state index in [9.17, 15) is 0 Å².